The molecule has 1 aromatic carbocycles. The van der Waals surface area contributed by atoms with Crippen LogP contribution in [0.3, 0.4) is 0 Å². The van der Waals surface area contributed by atoms with Gasteiger partial charge in [-0.1, -0.05) is 13.0 Å². The second-order valence-corrected chi connectivity index (χ2v) is 7.28. The summed E-state index contributed by atoms with van der Waals surface area (Å²) in [6.07, 6.45) is 2.08. The number of esters is 1. The molecule has 3 rings (SSSR count). The smallest absolute Gasteiger partial charge is 0.338 e. The Hall–Kier alpha value is -2.48. The predicted molar refractivity (Wildman–Crippen MR) is 99.3 cm³/mol. The molecule has 2 aliphatic rings. The number of piperidine rings is 1. The number of nitrogens with zero attached hydrogens (tertiary/aromatic N) is 1. The number of rotatable bonds is 5. The van der Waals surface area contributed by atoms with Crippen molar-refractivity contribution in [2.75, 3.05) is 26.2 Å². The Labute approximate surface area is 162 Å². The van der Waals surface area contributed by atoms with Crippen LogP contribution in [0.2, 0.25) is 0 Å². The van der Waals surface area contributed by atoms with Crippen LogP contribution >= 0.6 is 0 Å². The number of nitrogens with one attached hydrogen (secondary N) is 2. The van der Waals surface area contributed by atoms with E-state index in [0.717, 1.165) is 38.1 Å². The first-order chi connectivity index (χ1) is 13.4. The highest BCUT2D eigenvalue weighted by atomic mass is 19.2. The molecule has 0 bridgehead atoms. The van der Waals surface area contributed by atoms with Crippen LogP contribution in [-0.2, 0) is 9.53 Å². The van der Waals surface area contributed by atoms with Crippen LogP contribution in [0.5, 0.6) is 0 Å². The van der Waals surface area contributed by atoms with Gasteiger partial charge in [0.05, 0.1) is 18.2 Å². The number of hydrogen-bond acceptors (Lipinski definition) is 4. The fourth-order valence-electron chi connectivity index (χ4n) is 3.58. The maximum atomic E-state index is 13.8. The van der Waals surface area contributed by atoms with E-state index in [2.05, 4.69) is 22.5 Å². The Balaban J connectivity index is 1.97. The number of carbonyl (C=O) groups is 2. The van der Waals surface area contributed by atoms with Gasteiger partial charge in [-0.15, -0.1) is 0 Å². The van der Waals surface area contributed by atoms with Gasteiger partial charge in [-0.05, 0) is 56.5 Å². The van der Waals surface area contributed by atoms with Crippen LogP contribution in [-0.4, -0.2) is 43.1 Å². The van der Waals surface area contributed by atoms with Crippen molar-refractivity contribution in [2.45, 2.75) is 32.7 Å². The summed E-state index contributed by atoms with van der Waals surface area (Å²) in [5.41, 5.74) is 0.930. The van der Waals surface area contributed by atoms with Crippen molar-refractivity contribution in [2.24, 2.45) is 5.92 Å². The lowest BCUT2D eigenvalue weighted by Gasteiger charge is -2.34. The second kappa shape index (κ2) is 8.68. The summed E-state index contributed by atoms with van der Waals surface area (Å²) >= 11 is 0. The molecule has 1 aromatic rings. The molecule has 1 unspecified atom stereocenters. The zero-order chi connectivity index (χ0) is 20.3. The maximum absolute atomic E-state index is 13.8. The number of ether oxygens (including phenoxy) is 1. The highest BCUT2D eigenvalue weighted by molar-refractivity contribution is 5.95. The van der Waals surface area contributed by atoms with Crippen LogP contribution in [0.25, 0.3) is 0 Å². The number of carbonyl (C=O) groups excluding carboxylic acids is 2. The molecule has 2 amide bonds. The highest BCUT2D eigenvalue weighted by Crippen LogP contribution is 2.29. The van der Waals surface area contributed by atoms with Gasteiger partial charge < -0.3 is 15.4 Å². The Morgan fingerprint density at radius 2 is 1.96 bits per heavy atom. The minimum absolute atomic E-state index is 0.162. The lowest BCUT2D eigenvalue weighted by atomic mass is 9.94. The number of halogens is 2. The lowest BCUT2D eigenvalue weighted by molar-refractivity contribution is -0.139. The molecule has 152 valence electrons. The molecule has 28 heavy (non-hydrogen) atoms. The summed E-state index contributed by atoms with van der Waals surface area (Å²) in [5.74, 6) is -1.98. The lowest BCUT2D eigenvalue weighted by Crippen LogP contribution is -2.49. The Bertz CT molecular complexity index is 789. The van der Waals surface area contributed by atoms with Crippen LogP contribution in [0, 0.1) is 17.6 Å². The number of hydrogen-bond donors (Lipinski definition) is 2. The summed E-state index contributed by atoms with van der Waals surface area (Å²) in [7, 11) is 0. The highest BCUT2D eigenvalue weighted by Gasteiger charge is 2.35. The minimum atomic E-state index is -1.04. The molecule has 0 saturated carbocycles. The van der Waals surface area contributed by atoms with E-state index in [9.17, 15) is 18.4 Å². The first kappa shape index (κ1) is 20.3. The molecule has 8 heteroatoms. The standard InChI is InChI=1S/C20H25F2N3O3/c1-3-28-19(26)17-16(11-25-8-6-12(2)7-9-25)23-20(27)24-18(17)13-4-5-14(21)15(22)10-13/h4-5,10,12,18H,3,6-9,11H2,1-2H3,(H2,23,24,27). The van der Waals surface area contributed by atoms with Gasteiger partial charge in [0.2, 0.25) is 0 Å². The number of urea groups is 1. The van der Waals surface area contributed by atoms with Gasteiger partial charge in [0, 0.05) is 12.2 Å². The third-order valence-electron chi connectivity index (χ3n) is 5.18. The Kier molecular flexibility index (Phi) is 6.28. The van der Waals surface area contributed by atoms with Crippen LogP contribution in [0.4, 0.5) is 13.6 Å². The van der Waals surface area contributed by atoms with Crippen molar-refractivity contribution in [3.8, 4) is 0 Å². The van der Waals surface area contributed by atoms with E-state index in [0.29, 0.717) is 18.2 Å². The van der Waals surface area contributed by atoms with Gasteiger partial charge in [-0.25, -0.2) is 18.4 Å². The second-order valence-electron chi connectivity index (χ2n) is 7.28. The molecule has 2 aliphatic heterocycles. The van der Waals surface area contributed by atoms with Gasteiger partial charge in [0.15, 0.2) is 11.6 Å². The molecule has 1 saturated heterocycles. The van der Waals surface area contributed by atoms with Gasteiger partial charge in [0.25, 0.3) is 0 Å². The van der Waals surface area contributed by atoms with E-state index in [1.54, 1.807) is 6.92 Å². The normalized spacial score (nSPS) is 21.3. The van der Waals surface area contributed by atoms with E-state index in [1.165, 1.54) is 6.07 Å². The van der Waals surface area contributed by atoms with Crippen molar-refractivity contribution in [3.05, 3.63) is 46.7 Å². The molecule has 6 nitrogen and oxygen atoms in total. The summed E-state index contributed by atoms with van der Waals surface area (Å²) in [6.45, 7) is 6.15. The average Bonchev–Trinajstić information content (AvgIpc) is 2.65. The number of benzene rings is 1. The Morgan fingerprint density at radius 3 is 2.61 bits per heavy atom. The topological polar surface area (TPSA) is 70.7 Å². The van der Waals surface area contributed by atoms with E-state index >= 15 is 0 Å². The summed E-state index contributed by atoms with van der Waals surface area (Å²) in [6, 6.07) is 1.91. The van der Waals surface area contributed by atoms with E-state index < -0.39 is 29.7 Å². The monoisotopic (exact) mass is 393 g/mol. The molecular formula is C20H25F2N3O3. The van der Waals surface area contributed by atoms with Crippen molar-refractivity contribution >= 4 is 12.0 Å². The van der Waals surface area contributed by atoms with Crippen molar-refractivity contribution in [1.82, 2.24) is 15.5 Å². The quantitative estimate of drug-likeness (QED) is 0.755. The zero-order valence-electron chi connectivity index (χ0n) is 16.1. The average molecular weight is 393 g/mol. The first-order valence-corrected chi connectivity index (χ1v) is 9.54. The Morgan fingerprint density at radius 1 is 1.25 bits per heavy atom. The van der Waals surface area contributed by atoms with Gasteiger partial charge in [-0.2, -0.15) is 0 Å². The fraction of sp³-hybridized carbons (Fsp3) is 0.500. The van der Waals surface area contributed by atoms with E-state index in [-0.39, 0.29) is 17.7 Å². The van der Waals surface area contributed by atoms with Crippen molar-refractivity contribution < 1.29 is 23.1 Å². The fourth-order valence-corrected chi connectivity index (χ4v) is 3.58. The third-order valence-corrected chi connectivity index (χ3v) is 5.18. The van der Waals surface area contributed by atoms with Gasteiger partial charge in [-0.3, -0.25) is 4.90 Å². The number of amides is 2. The minimum Gasteiger partial charge on any atom is -0.463 e. The van der Waals surface area contributed by atoms with Crippen LogP contribution in [0.15, 0.2) is 29.5 Å². The zero-order valence-corrected chi connectivity index (χ0v) is 16.1. The molecule has 2 N–H and O–H groups in total. The van der Waals surface area contributed by atoms with Crippen LogP contribution < -0.4 is 10.6 Å². The molecule has 1 fully saturated rings. The molecule has 2 heterocycles. The van der Waals surface area contributed by atoms with Crippen molar-refractivity contribution in [1.29, 1.82) is 0 Å². The molecule has 0 aliphatic carbocycles. The summed E-state index contributed by atoms with van der Waals surface area (Å²) in [4.78, 5) is 27.1. The van der Waals surface area contributed by atoms with E-state index in [4.69, 9.17) is 4.74 Å². The van der Waals surface area contributed by atoms with Crippen molar-refractivity contribution in [3.63, 3.8) is 0 Å². The van der Waals surface area contributed by atoms with E-state index in [1.807, 2.05) is 0 Å². The number of likely N-dealkylation sites (tertiary alicyclic amines) is 1. The van der Waals surface area contributed by atoms with Crippen LogP contribution in [0.1, 0.15) is 38.3 Å². The predicted octanol–water partition coefficient (Wildman–Crippen LogP) is 2.87. The summed E-state index contributed by atoms with van der Waals surface area (Å²) < 4.78 is 32.3. The first-order valence-electron chi connectivity index (χ1n) is 9.54. The summed E-state index contributed by atoms with van der Waals surface area (Å²) in [5, 5.41) is 5.34. The van der Waals surface area contributed by atoms with Gasteiger partial charge in [0.1, 0.15) is 0 Å². The molecule has 1 atom stereocenters. The molecule has 0 spiro atoms. The largest absolute Gasteiger partial charge is 0.463 e. The van der Waals surface area contributed by atoms with Gasteiger partial charge >= 0.3 is 12.0 Å². The SMILES string of the molecule is CCOC(=O)C1=C(CN2CCC(C)CC2)NC(=O)NC1c1ccc(F)c(F)c1. The molecule has 0 aromatic heterocycles. The molecule has 0 radical (unpaired) electrons. The third kappa shape index (κ3) is 4.49. The molecular weight excluding hydrogens is 368 g/mol. The maximum Gasteiger partial charge on any atom is 0.338 e.